The van der Waals surface area contributed by atoms with Crippen molar-refractivity contribution in [1.82, 2.24) is 10.2 Å². The summed E-state index contributed by atoms with van der Waals surface area (Å²) >= 11 is 0. The monoisotopic (exact) mass is 268 g/mol. The van der Waals surface area contributed by atoms with Crippen LogP contribution in [0.5, 0.6) is 0 Å². The molecule has 19 heavy (non-hydrogen) atoms. The van der Waals surface area contributed by atoms with Crippen LogP contribution in [0.1, 0.15) is 39.5 Å². The molecule has 1 fully saturated rings. The molecule has 0 atom stereocenters. The number of hydrogen-bond acceptors (Lipinski definition) is 3. The van der Waals surface area contributed by atoms with Gasteiger partial charge in [0, 0.05) is 32.5 Å². The Morgan fingerprint density at radius 2 is 2.00 bits per heavy atom. The zero-order chi connectivity index (χ0) is 14.3. The van der Waals surface area contributed by atoms with E-state index in [1.54, 1.807) is 0 Å². The van der Waals surface area contributed by atoms with Crippen LogP contribution in [0, 0.1) is 5.92 Å². The third kappa shape index (κ3) is 5.72. The Labute approximate surface area is 114 Å². The molecular formula is C13H24N4O2. The molecule has 0 saturated carbocycles. The Morgan fingerprint density at radius 1 is 1.37 bits per heavy atom. The predicted octanol–water partition coefficient (Wildman–Crippen LogP) is 0.476. The van der Waals surface area contributed by atoms with Crippen LogP contribution in [0.2, 0.25) is 0 Å². The maximum Gasteiger partial charge on any atom is 0.229 e. The first-order valence-corrected chi connectivity index (χ1v) is 6.87. The molecule has 2 amide bonds. The van der Waals surface area contributed by atoms with E-state index in [-0.39, 0.29) is 11.8 Å². The summed E-state index contributed by atoms with van der Waals surface area (Å²) in [4.78, 5) is 28.6. The summed E-state index contributed by atoms with van der Waals surface area (Å²) < 4.78 is 0. The number of carbonyl (C=O) groups excluding carboxylic acids is 2. The van der Waals surface area contributed by atoms with E-state index in [0.717, 1.165) is 6.42 Å². The lowest BCUT2D eigenvalue weighted by molar-refractivity contribution is -0.147. The lowest BCUT2D eigenvalue weighted by Gasteiger charge is -2.24. The number of aliphatic imine (C=N–C) groups is 1. The van der Waals surface area contributed by atoms with Gasteiger partial charge in [-0.15, -0.1) is 0 Å². The summed E-state index contributed by atoms with van der Waals surface area (Å²) in [5.41, 5.74) is 5.70. The molecule has 6 nitrogen and oxygen atoms in total. The van der Waals surface area contributed by atoms with Crippen molar-refractivity contribution in [2.24, 2.45) is 16.6 Å². The van der Waals surface area contributed by atoms with Crippen LogP contribution in [-0.2, 0) is 9.59 Å². The highest BCUT2D eigenvalue weighted by Crippen LogP contribution is 2.11. The first-order valence-electron chi connectivity index (χ1n) is 6.87. The van der Waals surface area contributed by atoms with Crippen LogP contribution in [0.25, 0.3) is 0 Å². The molecule has 1 aliphatic heterocycles. The van der Waals surface area contributed by atoms with Crippen molar-refractivity contribution in [2.75, 3.05) is 19.6 Å². The second-order valence-corrected chi connectivity index (χ2v) is 5.17. The van der Waals surface area contributed by atoms with Gasteiger partial charge in [-0.1, -0.05) is 13.8 Å². The largest absolute Gasteiger partial charge is 0.370 e. The first kappa shape index (κ1) is 15.5. The fraction of sp³-hybridized carbons (Fsp3) is 0.769. The van der Waals surface area contributed by atoms with Crippen molar-refractivity contribution >= 4 is 17.8 Å². The second-order valence-electron chi connectivity index (χ2n) is 5.17. The maximum absolute atomic E-state index is 11.5. The number of carbonyl (C=O) groups is 2. The molecule has 0 aromatic rings. The van der Waals surface area contributed by atoms with E-state index < -0.39 is 0 Å². The molecular weight excluding hydrogens is 244 g/mol. The maximum atomic E-state index is 11.5. The zero-order valence-corrected chi connectivity index (χ0v) is 11.8. The third-order valence-corrected chi connectivity index (χ3v) is 3.01. The average Bonchev–Trinajstić information content (AvgIpc) is 2.32. The van der Waals surface area contributed by atoms with Gasteiger partial charge >= 0.3 is 0 Å². The fourth-order valence-electron chi connectivity index (χ4n) is 1.84. The molecule has 1 rings (SSSR count). The first-order chi connectivity index (χ1) is 9.00. The van der Waals surface area contributed by atoms with E-state index in [0.29, 0.717) is 50.8 Å². The van der Waals surface area contributed by atoms with E-state index >= 15 is 0 Å². The summed E-state index contributed by atoms with van der Waals surface area (Å²) in [6, 6.07) is 0. The van der Waals surface area contributed by atoms with Gasteiger partial charge in [0.25, 0.3) is 0 Å². The Hall–Kier alpha value is -1.59. The third-order valence-electron chi connectivity index (χ3n) is 3.01. The van der Waals surface area contributed by atoms with Gasteiger partial charge in [-0.3, -0.25) is 19.5 Å². The molecule has 0 unspecified atom stereocenters. The molecule has 6 heteroatoms. The van der Waals surface area contributed by atoms with Gasteiger partial charge < -0.3 is 11.1 Å². The quantitative estimate of drug-likeness (QED) is 0.416. The van der Waals surface area contributed by atoms with Gasteiger partial charge in [-0.25, -0.2) is 0 Å². The number of piperidine rings is 1. The number of imide groups is 1. The van der Waals surface area contributed by atoms with Crippen LogP contribution in [0.4, 0.5) is 0 Å². The minimum absolute atomic E-state index is 0.0895. The molecule has 108 valence electrons. The van der Waals surface area contributed by atoms with Crippen LogP contribution < -0.4 is 11.1 Å². The molecule has 0 spiro atoms. The highest BCUT2D eigenvalue weighted by atomic mass is 16.2. The number of likely N-dealkylation sites (tertiary alicyclic amines) is 1. The van der Waals surface area contributed by atoms with Crippen molar-refractivity contribution < 1.29 is 9.59 Å². The number of nitrogens with one attached hydrogen (secondary N) is 1. The van der Waals surface area contributed by atoms with Crippen molar-refractivity contribution in [3.63, 3.8) is 0 Å². The van der Waals surface area contributed by atoms with Crippen LogP contribution in [0.15, 0.2) is 4.99 Å². The number of amides is 2. The SMILES string of the molecule is CC(C)CCN=C(N)NCCN1C(=O)CCCC1=O. The van der Waals surface area contributed by atoms with E-state index in [4.69, 9.17) is 5.73 Å². The summed E-state index contributed by atoms with van der Waals surface area (Å²) in [5, 5.41) is 2.93. The Kier molecular flexibility index (Phi) is 6.32. The van der Waals surface area contributed by atoms with Crippen molar-refractivity contribution in [3.05, 3.63) is 0 Å². The Morgan fingerprint density at radius 3 is 2.58 bits per heavy atom. The van der Waals surface area contributed by atoms with Crippen LogP contribution in [0.3, 0.4) is 0 Å². The topological polar surface area (TPSA) is 87.8 Å². The molecule has 0 aliphatic carbocycles. The van der Waals surface area contributed by atoms with Gasteiger partial charge in [0.1, 0.15) is 0 Å². The summed E-state index contributed by atoms with van der Waals surface area (Å²) in [7, 11) is 0. The number of guanidine groups is 1. The van der Waals surface area contributed by atoms with Crippen molar-refractivity contribution in [2.45, 2.75) is 39.5 Å². The summed E-state index contributed by atoms with van der Waals surface area (Å²) in [6.07, 6.45) is 2.58. The van der Waals surface area contributed by atoms with Crippen molar-refractivity contribution in [1.29, 1.82) is 0 Å². The number of hydrogen-bond donors (Lipinski definition) is 2. The van der Waals surface area contributed by atoms with Gasteiger partial charge in [-0.2, -0.15) is 0 Å². The van der Waals surface area contributed by atoms with Gasteiger partial charge in [0.05, 0.1) is 0 Å². The van der Waals surface area contributed by atoms with E-state index in [2.05, 4.69) is 24.2 Å². The van der Waals surface area contributed by atoms with Crippen molar-refractivity contribution in [3.8, 4) is 0 Å². The average molecular weight is 268 g/mol. The fourth-order valence-corrected chi connectivity index (χ4v) is 1.84. The molecule has 1 heterocycles. The second kappa shape index (κ2) is 7.76. The number of rotatable bonds is 6. The minimum Gasteiger partial charge on any atom is -0.370 e. The zero-order valence-electron chi connectivity index (χ0n) is 11.8. The predicted molar refractivity (Wildman–Crippen MR) is 74.5 cm³/mol. The number of nitrogens with zero attached hydrogens (tertiary/aromatic N) is 2. The molecule has 0 aromatic carbocycles. The summed E-state index contributed by atoms with van der Waals surface area (Å²) in [6.45, 7) is 5.77. The van der Waals surface area contributed by atoms with E-state index in [1.807, 2.05) is 0 Å². The van der Waals surface area contributed by atoms with Crippen LogP contribution in [-0.4, -0.2) is 42.3 Å². The smallest absolute Gasteiger partial charge is 0.229 e. The molecule has 0 radical (unpaired) electrons. The normalized spacial score (nSPS) is 17.2. The van der Waals surface area contributed by atoms with E-state index in [1.165, 1.54) is 4.90 Å². The molecule has 0 aromatic heterocycles. The Bertz CT molecular complexity index is 337. The number of nitrogens with two attached hydrogens (primary N) is 1. The standard InChI is InChI=1S/C13H24N4O2/c1-10(2)6-7-15-13(14)16-8-9-17-11(18)4-3-5-12(17)19/h10H,3-9H2,1-2H3,(H3,14,15,16). The molecule has 0 bridgehead atoms. The van der Waals surface area contributed by atoms with E-state index in [9.17, 15) is 9.59 Å². The highest BCUT2D eigenvalue weighted by molar-refractivity contribution is 5.97. The molecule has 1 saturated heterocycles. The lowest BCUT2D eigenvalue weighted by atomic mass is 10.1. The van der Waals surface area contributed by atoms with Crippen LogP contribution >= 0.6 is 0 Å². The minimum atomic E-state index is -0.0895. The van der Waals surface area contributed by atoms with Gasteiger partial charge in [0.15, 0.2) is 5.96 Å². The summed E-state index contributed by atoms with van der Waals surface area (Å²) in [5.74, 6) is 0.791. The van der Waals surface area contributed by atoms with Gasteiger partial charge in [-0.05, 0) is 18.8 Å². The highest BCUT2D eigenvalue weighted by Gasteiger charge is 2.24. The molecule has 1 aliphatic rings. The van der Waals surface area contributed by atoms with Gasteiger partial charge in [0.2, 0.25) is 11.8 Å². The molecule has 3 N–H and O–H groups in total. The Balaban J connectivity index is 2.25. The lowest BCUT2D eigenvalue weighted by Crippen LogP contribution is -2.45.